The number of hydrogen-bond acceptors (Lipinski definition) is 5. The Morgan fingerprint density at radius 1 is 1.04 bits per heavy atom. The molecule has 3 heterocycles. The van der Waals surface area contributed by atoms with Crippen LogP contribution in [0.15, 0.2) is 39.6 Å². The minimum absolute atomic E-state index is 0. The summed E-state index contributed by atoms with van der Waals surface area (Å²) in [5, 5.41) is 3.13. The lowest BCUT2D eigenvalue weighted by atomic mass is 10.1. The Morgan fingerprint density at radius 3 is 2.43 bits per heavy atom. The molecule has 0 saturated carbocycles. The van der Waals surface area contributed by atoms with Gasteiger partial charge < -0.3 is 4.90 Å². The molecule has 1 saturated heterocycles. The fourth-order valence-electron chi connectivity index (χ4n) is 3.02. The fourth-order valence-corrected chi connectivity index (χ4v) is 5.50. The van der Waals surface area contributed by atoms with Crippen molar-refractivity contribution in [1.82, 2.24) is 9.21 Å². The van der Waals surface area contributed by atoms with Gasteiger partial charge in [0.25, 0.3) is 0 Å². The van der Waals surface area contributed by atoms with Crippen LogP contribution in [-0.2, 0) is 10.0 Å². The summed E-state index contributed by atoms with van der Waals surface area (Å²) in [4.78, 5) is 7.01. The number of benzene rings is 1. The Kier molecular flexibility index (Phi) is 4.87. The van der Waals surface area contributed by atoms with Crippen LogP contribution in [0.5, 0.6) is 0 Å². The van der Waals surface area contributed by atoms with E-state index in [2.05, 4.69) is 15.3 Å². The molecule has 0 aliphatic carbocycles. The van der Waals surface area contributed by atoms with Crippen molar-refractivity contribution in [2.75, 3.05) is 26.2 Å². The van der Waals surface area contributed by atoms with Crippen molar-refractivity contribution < 1.29 is 8.42 Å². The molecule has 1 aromatic carbocycles. The quantitative estimate of drug-likeness (QED) is 0.761. The number of rotatable bonds is 3. The zero-order valence-corrected chi connectivity index (χ0v) is 15.9. The summed E-state index contributed by atoms with van der Waals surface area (Å²) >= 11 is 1.63. The van der Waals surface area contributed by atoms with Gasteiger partial charge in [-0.3, -0.25) is 4.99 Å². The third-order valence-corrected chi connectivity index (χ3v) is 7.04. The molecular formula is C15H18BrN3O2S2. The number of nitrogens with zero attached hydrogens (tertiary/aromatic N) is 3. The van der Waals surface area contributed by atoms with Gasteiger partial charge in [-0.2, -0.15) is 4.31 Å². The van der Waals surface area contributed by atoms with Crippen molar-refractivity contribution >= 4 is 49.6 Å². The summed E-state index contributed by atoms with van der Waals surface area (Å²) in [6.45, 7) is 3.02. The summed E-state index contributed by atoms with van der Waals surface area (Å²) < 4.78 is 26.6. The van der Waals surface area contributed by atoms with E-state index in [9.17, 15) is 8.42 Å². The minimum atomic E-state index is -3.33. The van der Waals surface area contributed by atoms with Crippen molar-refractivity contribution in [3.63, 3.8) is 0 Å². The SMILES string of the molecule is Br.O=S(=O)(c1ccc(C2=CSC3=NCCN23)cc1)N1CCCC1. The topological polar surface area (TPSA) is 53.0 Å². The molecule has 0 atom stereocenters. The van der Waals surface area contributed by atoms with Gasteiger partial charge in [0.15, 0.2) is 5.17 Å². The monoisotopic (exact) mass is 415 g/mol. The molecule has 0 radical (unpaired) electrons. The number of halogens is 1. The number of thioether (sulfide) groups is 1. The largest absolute Gasteiger partial charge is 0.318 e. The first-order chi connectivity index (χ1) is 10.7. The van der Waals surface area contributed by atoms with E-state index < -0.39 is 10.0 Å². The molecule has 0 aromatic heterocycles. The van der Waals surface area contributed by atoms with E-state index in [4.69, 9.17) is 0 Å². The highest BCUT2D eigenvalue weighted by Crippen LogP contribution is 2.35. The van der Waals surface area contributed by atoms with Crippen molar-refractivity contribution in [2.45, 2.75) is 17.7 Å². The van der Waals surface area contributed by atoms with E-state index in [1.54, 1.807) is 28.2 Å². The van der Waals surface area contributed by atoms with Gasteiger partial charge >= 0.3 is 0 Å². The molecule has 4 rings (SSSR count). The standard InChI is InChI=1S/C15H17N3O2S2.BrH/c19-22(20,17-8-1-2-9-17)13-5-3-12(4-6-13)14-11-21-15-16-7-10-18(14)15;/h3-6,11H,1-2,7-10H2;1H. The number of amidine groups is 1. The zero-order valence-electron chi connectivity index (χ0n) is 12.5. The third kappa shape index (κ3) is 2.97. The normalized spacial score (nSPS) is 21.0. The molecule has 3 aliphatic rings. The van der Waals surface area contributed by atoms with E-state index in [-0.39, 0.29) is 17.0 Å². The Morgan fingerprint density at radius 2 is 1.74 bits per heavy atom. The van der Waals surface area contributed by atoms with Gasteiger partial charge in [-0.15, -0.1) is 17.0 Å². The Bertz CT molecular complexity index is 753. The van der Waals surface area contributed by atoms with E-state index in [0.717, 1.165) is 42.4 Å². The molecule has 8 heteroatoms. The predicted molar refractivity (Wildman–Crippen MR) is 99.3 cm³/mol. The van der Waals surface area contributed by atoms with Crippen molar-refractivity contribution in [2.24, 2.45) is 4.99 Å². The van der Waals surface area contributed by atoms with Crippen LogP contribution in [0, 0.1) is 0 Å². The lowest BCUT2D eigenvalue weighted by Crippen LogP contribution is -2.27. The average Bonchev–Trinajstić information content (AvgIpc) is 3.25. The highest BCUT2D eigenvalue weighted by Gasteiger charge is 2.29. The molecule has 0 N–H and O–H groups in total. The molecule has 0 unspecified atom stereocenters. The summed E-state index contributed by atoms with van der Waals surface area (Å²) in [6.07, 6.45) is 1.91. The van der Waals surface area contributed by atoms with E-state index >= 15 is 0 Å². The van der Waals surface area contributed by atoms with Crippen LogP contribution in [0.25, 0.3) is 5.70 Å². The predicted octanol–water partition coefficient (Wildman–Crippen LogP) is 2.77. The van der Waals surface area contributed by atoms with Crippen molar-refractivity contribution in [3.05, 3.63) is 35.2 Å². The van der Waals surface area contributed by atoms with Crippen LogP contribution in [0.1, 0.15) is 18.4 Å². The number of aliphatic imine (C=N–C) groups is 1. The molecule has 0 amide bonds. The van der Waals surface area contributed by atoms with E-state index in [0.29, 0.717) is 18.0 Å². The Balaban J connectivity index is 0.00000156. The first-order valence-electron chi connectivity index (χ1n) is 7.46. The smallest absolute Gasteiger partial charge is 0.243 e. The fraction of sp³-hybridized carbons (Fsp3) is 0.400. The van der Waals surface area contributed by atoms with Gasteiger partial charge in [-0.1, -0.05) is 23.9 Å². The highest BCUT2D eigenvalue weighted by atomic mass is 79.9. The number of sulfonamides is 1. The zero-order chi connectivity index (χ0) is 15.2. The van der Waals surface area contributed by atoms with Gasteiger partial charge in [0.05, 0.1) is 17.1 Å². The van der Waals surface area contributed by atoms with Crippen LogP contribution >= 0.6 is 28.7 Å². The van der Waals surface area contributed by atoms with Crippen LogP contribution in [0.3, 0.4) is 0 Å². The number of hydrogen-bond donors (Lipinski definition) is 0. The summed E-state index contributed by atoms with van der Waals surface area (Å²) in [5.41, 5.74) is 2.16. The summed E-state index contributed by atoms with van der Waals surface area (Å²) in [5.74, 6) is 0. The molecule has 3 aliphatic heterocycles. The molecule has 124 valence electrons. The lowest BCUT2D eigenvalue weighted by molar-refractivity contribution is 0.477. The second-order valence-electron chi connectivity index (χ2n) is 5.57. The Hall–Kier alpha value is -0.830. The van der Waals surface area contributed by atoms with Gasteiger partial charge in [-0.05, 0) is 30.5 Å². The van der Waals surface area contributed by atoms with Gasteiger partial charge in [0.1, 0.15) is 0 Å². The van der Waals surface area contributed by atoms with Crippen LogP contribution in [-0.4, -0.2) is 49.0 Å². The molecule has 1 aromatic rings. The first kappa shape index (κ1) is 17.0. The van der Waals surface area contributed by atoms with Gasteiger partial charge in [0, 0.05) is 25.0 Å². The van der Waals surface area contributed by atoms with Crippen LogP contribution < -0.4 is 0 Å². The Labute approximate surface area is 151 Å². The second-order valence-corrected chi connectivity index (χ2v) is 8.35. The molecule has 23 heavy (non-hydrogen) atoms. The molecular weight excluding hydrogens is 398 g/mol. The number of fused-ring (bicyclic) bond motifs is 1. The lowest BCUT2D eigenvalue weighted by Gasteiger charge is -2.18. The van der Waals surface area contributed by atoms with Gasteiger partial charge in [-0.25, -0.2) is 8.42 Å². The summed E-state index contributed by atoms with van der Waals surface area (Å²) in [7, 11) is -3.33. The molecule has 0 spiro atoms. The average molecular weight is 416 g/mol. The van der Waals surface area contributed by atoms with Gasteiger partial charge in [0.2, 0.25) is 10.0 Å². The minimum Gasteiger partial charge on any atom is -0.318 e. The maximum absolute atomic E-state index is 12.5. The summed E-state index contributed by atoms with van der Waals surface area (Å²) in [6, 6.07) is 7.24. The van der Waals surface area contributed by atoms with Crippen LogP contribution in [0.4, 0.5) is 0 Å². The van der Waals surface area contributed by atoms with E-state index in [1.165, 1.54) is 0 Å². The molecule has 1 fully saturated rings. The molecule has 5 nitrogen and oxygen atoms in total. The van der Waals surface area contributed by atoms with Crippen molar-refractivity contribution in [3.8, 4) is 0 Å². The maximum Gasteiger partial charge on any atom is 0.243 e. The van der Waals surface area contributed by atoms with E-state index in [1.807, 2.05) is 12.1 Å². The van der Waals surface area contributed by atoms with Crippen LogP contribution in [0.2, 0.25) is 0 Å². The maximum atomic E-state index is 12.5. The molecule has 0 bridgehead atoms. The van der Waals surface area contributed by atoms with Crippen molar-refractivity contribution in [1.29, 1.82) is 0 Å². The second kappa shape index (κ2) is 6.58. The highest BCUT2D eigenvalue weighted by molar-refractivity contribution is 8.93. The third-order valence-electron chi connectivity index (χ3n) is 4.22. The first-order valence-corrected chi connectivity index (χ1v) is 9.78.